The van der Waals surface area contributed by atoms with Crippen LogP contribution in [-0.4, -0.2) is 31.2 Å². The van der Waals surface area contributed by atoms with E-state index < -0.39 is 12.5 Å². The van der Waals surface area contributed by atoms with Crippen molar-refractivity contribution in [3.8, 4) is 0 Å². The molecule has 1 saturated carbocycles. The molecule has 0 radical (unpaired) electrons. The van der Waals surface area contributed by atoms with Crippen molar-refractivity contribution in [2.75, 3.05) is 13.2 Å². The molecule has 12 heavy (non-hydrogen) atoms. The standard InChI is InChI=1S/C7H11F2NO.ClH/c8-6(9)5-3-10-7(1-2-7)4-11-5;/h5-6,10H,1-4H2;1H. The van der Waals surface area contributed by atoms with Gasteiger partial charge < -0.3 is 10.1 Å². The first-order chi connectivity index (χ1) is 5.22. The Morgan fingerprint density at radius 2 is 2.08 bits per heavy atom. The van der Waals surface area contributed by atoms with Crippen molar-refractivity contribution in [3.63, 3.8) is 0 Å². The molecule has 1 saturated heterocycles. The highest BCUT2D eigenvalue weighted by Gasteiger charge is 2.47. The van der Waals surface area contributed by atoms with Crippen LogP contribution in [0.15, 0.2) is 0 Å². The molecule has 2 fully saturated rings. The lowest BCUT2D eigenvalue weighted by Gasteiger charge is -2.29. The lowest BCUT2D eigenvalue weighted by atomic mass is 10.2. The predicted molar refractivity (Wildman–Crippen MR) is 43.0 cm³/mol. The molecule has 2 nitrogen and oxygen atoms in total. The Labute approximate surface area is 76.1 Å². The van der Waals surface area contributed by atoms with Crippen molar-refractivity contribution < 1.29 is 13.5 Å². The number of alkyl halides is 2. The monoisotopic (exact) mass is 199 g/mol. The summed E-state index contributed by atoms with van der Waals surface area (Å²) in [6.07, 6.45) is -1.09. The molecule has 5 heteroatoms. The second-order valence-corrected chi connectivity index (χ2v) is 3.35. The minimum Gasteiger partial charge on any atom is -0.369 e. The summed E-state index contributed by atoms with van der Waals surface area (Å²) in [5, 5.41) is 3.10. The summed E-state index contributed by atoms with van der Waals surface area (Å²) < 4.78 is 29.1. The van der Waals surface area contributed by atoms with Crippen LogP contribution in [-0.2, 0) is 4.74 Å². The fraction of sp³-hybridized carbons (Fsp3) is 1.00. The predicted octanol–water partition coefficient (Wildman–Crippen LogP) is 1.19. The number of halogens is 3. The van der Waals surface area contributed by atoms with E-state index in [1.807, 2.05) is 0 Å². The summed E-state index contributed by atoms with van der Waals surface area (Å²) in [4.78, 5) is 0. The Kier molecular flexibility index (Phi) is 2.91. The molecule has 1 unspecified atom stereocenters. The van der Waals surface area contributed by atoms with Gasteiger partial charge in [0.25, 0.3) is 6.43 Å². The van der Waals surface area contributed by atoms with E-state index in [0.29, 0.717) is 13.2 Å². The molecule has 1 N–H and O–H groups in total. The second kappa shape index (κ2) is 3.44. The van der Waals surface area contributed by atoms with Gasteiger partial charge in [0.2, 0.25) is 0 Å². The highest BCUT2D eigenvalue weighted by atomic mass is 35.5. The summed E-state index contributed by atoms with van der Waals surface area (Å²) in [7, 11) is 0. The van der Waals surface area contributed by atoms with Gasteiger partial charge in [0, 0.05) is 12.1 Å². The summed E-state index contributed by atoms with van der Waals surface area (Å²) in [6, 6.07) is 0. The van der Waals surface area contributed by atoms with Gasteiger partial charge in [0.1, 0.15) is 6.10 Å². The highest BCUT2D eigenvalue weighted by molar-refractivity contribution is 5.85. The third-order valence-corrected chi connectivity index (χ3v) is 2.39. The third kappa shape index (κ3) is 1.87. The molecule has 0 aromatic rings. The summed E-state index contributed by atoms with van der Waals surface area (Å²) in [5.41, 5.74) is 0.0887. The SMILES string of the molecule is Cl.FC(F)C1CNC2(CC2)CO1. The van der Waals surface area contributed by atoms with Crippen LogP contribution in [0.1, 0.15) is 12.8 Å². The smallest absolute Gasteiger partial charge is 0.265 e. The van der Waals surface area contributed by atoms with Gasteiger partial charge in [-0.3, -0.25) is 0 Å². The van der Waals surface area contributed by atoms with Crippen LogP contribution in [0.25, 0.3) is 0 Å². The van der Waals surface area contributed by atoms with Gasteiger partial charge in [-0.1, -0.05) is 0 Å². The third-order valence-electron chi connectivity index (χ3n) is 2.39. The molecular weight excluding hydrogens is 188 g/mol. The fourth-order valence-corrected chi connectivity index (χ4v) is 1.33. The van der Waals surface area contributed by atoms with Crippen LogP contribution < -0.4 is 5.32 Å². The fourth-order valence-electron chi connectivity index (χ4n) is 1.33. The van der Waals surface area contributed by atoms with Crippen LogP contribution in [0.2, 0.25) is 0 Å². The Bertz CT molecular complexity index is 153. The molecule has 72 valence electrons. The first kappa shape index (κ1) is 10.2. The van der Waals surface area contributed by atoms with E-state index in [1.165, 1.54) is 0 Å². The normalized spacial score (nSPS) is 31.8. The lowest BCUT2D eigenvalue weighted by molar-refractivity contribution is -0.0857. The van der Waals surface area contributed by atoms with E-state index in [1.54, 1.807) is 0 Å². The zero-order chi connectivity index (χ0) is 7.90. The average Bonchev–Trinajstić information content (AvgIpc) is 2.70. The Balaban J connectivity index is 0.000000720. The molecule has 0 amide bonds. The zero-order valence-corrected chi connectivity index (χ0v) is 7.37. The maximum absolute atomic E-state index is 12.0. The van der Waals surface area contributed by atoms with E-state index >= 15 is 0 Å². The van der Waals surface area contributed by atoms with Crippen molar-refractivity contribution >= 4 is 12.4 Å². The number of nitrogens with one attached hydrogen (secondary N) is 1. The minimum atomic E-state index is -2.35. The van der Waals surface area contributed by atoms with Gasteiger partial charge in [-0.15, -0.1) is 12.4 Å². The number of rotatable bonds is 1. The Morgan fingerprint density at radius 1 is 1.42 bits per heavy atom. The molecule has 0 bridgehead atoms. The average molecular weight is 200 g/mol. The molecule has 2 rings (SSSR count). The number of ether oxygens (including phenoxy) is 1. The van der Waals surface area contributed by atoms with E-state index in [4.69, 9.17) is 4.74 Å². The molecule has 1 aliphatic carbocycles. The molecule has 1 spiro atoms. The maximum atomic E-state index is 12.0. The molecule has 0 aromatic heterocycles. The molecule has 1 heterocycles. The van der Waals surface area contributed by atoms with Gasteiger partial charge in [-0.2, -0.15) is 0 Å². The minimum absolute atomic E-state index is 0. The Morgan fingerprint density at radius 3 is 2.42 bits per heavy atom. The van der Waals surface area contributed by atoms with Crippen LogP contribution in [0.4, 0.5) is 8.78 Å². The van der Waals surface area contributed by atoms with Gasteiger partial charge in [-0.05, 0) is 12.8 Å². The molecule has 1 aliphatic heterocycles. The molecule has 2 aliphatic rings. The first-order valence-corrected chi connectivity index (χ1v) is 3.87. The second-order valence-electron chi connectivity index (χ2n) is 3.35. The van der Waals surface area contributed by atoms with Crippen molar-refractivity contribution in [1.82, 2.24) is 5.32 Å². The zero-order valence-electron chi connectivity index (χ0n) is 6.56. The van der Waals surface area contributed by atoms with Crippen molar-refractivity contribution in [1.29, 1.82) is 0 Å². The van der Waals surface area contributed by atoms with Crippen molar-refractivity contribution in [2.45, 2.75) is 30.9 Å². The van der Waals surface area contributed by atoms with Crippen LogP contribution in [0.5, 0.6) is 0 Å². The number of hydrogen-bond acceptors (Lipinski definition) is 2. The molecule has 0 aromatic carbocycles. The van der Waals surface area contributed by atoms with Crippen molar-refractivity contribution in [2.24, 2.45) is 0 Å². The molecular formula is C7H12ClF2NO. The van der Waals surface area contributed by atoms with Crippen LogP contribution in [0, 0.1) is 0 Å². The number of morpholine rings is 1. The summed E-state index contributed by atoms with van der Waals surface area (Å²) in [5.74, 6) is 0. The van der Waals surface area contributed by atoms with E-state index in [9.17, 15) is 8.78 Å². The van der Waals surface area contributed by atoms with E-state index in [2.05, 4.69) is 5.32 Å². The maximum Gasteiger partial charge on any atom is 0.265 e. The Hall–Kier alpha value is 0.0700. The van der Waals surface area contributed by atoms with Crippen LogP contribution >= 0.6 is 12.4 Å². The largest absolute Gasteiger partial charge is 0.369 e. The van der Waals surface area contributed by atoms with Gasteiger partial charge in [-0.25, -0.2) is 8.78 Å². The molecule has 1 atom stereocenters. The summed E-state index contributed by atoms with van der Waals surface area (Å²) in [6.45, 7) is 0.764. The van der Waals surface area contributed by atoms with E-state index in [0.717, 1.165) is 12.8 Å². The van der Waals surface area contributed by atoms with Crippen LogP contribution in [0.3, 0.4) is 0 Å². The van der Waals surface area contributed by atoms with Gasteiger partial charge in [0.05, 0.1) is 6.61 Å². The van der Waals surface area contributed by atoms with Gasteiger partial charge >= 0.3 is 0 Å². The topological polar surface area (TPSA) is 21.3 Å². The van der Waals surface area contributed by atoms with Crippen molar-refractivity contribution in [3.05, 3.63) is 0 Å². The van der Waals surface area contributed by atoms with E-state index in [-0.39, 0.29) is 17.9 Å². The first-order valence-electron chi connectivity index (χ1n) is 3.87. The summed E-state index contributed by atoms with van der Waals surface area (Å²) >= 11 is 0. The lowest BCUT2D eigenvalue weighted by Crippen LogP contribution is -2.50. The quantitative estimate of drug-likeness (QED) is 0.685. The highest BCUT2D eigenvalue weighted by Crippen LogP contribution is 2.38. The van der Waals surface area contributed by atoms with Gasteiger partial charge in [0.15, 0.2) is 0 Å². The number of hydrogen-bond donors (Lipinski definition) is 1.